The maximum atomic E-state index is 15.0. The van der Waals surface area contributed by atoms with Gasteiger partial charge in [-0.05, 0) is 131 Å². The normalized spacial score (nSPS) is 16.4. The van der Waals surface area contributed by atoms with Crippen LogP contribution in [0.5, 0.6) is 5.75 Å². The monoisotopic (exact) mass is 1630 g/mol. The van der Waals surface area contributed by atoms with Gasteiger partial charge in [-0.25, -0.2) is 4.79 Å². The number of hydrogen-bond donors (Lipinski definition) is 22. The van der Waals surface area contributed by atoms with Gasteiger partial charge in [0.15, 0.2) is 0 Å². The fourth-order valence-electron chi connectivity index (χ4n) is 12.3. The first-order valence-electron chi connectivity index (χ1n) is 39.1. The molecule has 1 aromatic rings. The number of primary amides is 1. The summed E-state index contributed by atoms with van der Waals surface area (Å²) in [6, 6.07) is -15.5. The van der Waals surface area contributed by atoms with Crippen LogP contribution in [0.1, 0.15) is 172 Å². The first-order valence-corrected chi connectivity index (χ1v) is 39.1. The molecular weight excluding hydrogens is 1500 g/mol. The quantitative estimate of drug-likeness (QED) is 0.0272. The molecule has 0 spiro atoms. The molecule has 1 fully saturated rings. The number of aliphatic hydroxyl groups is 2. The molecule has 1 aromatic carbocycles. The molecule has 15 amide bonds. The van der Waals surface area contributed by atoms with Crippen molar-refractivity contribution in [2.45, 2.75) is 258 Å². The van der Waals surface area contributed by atoms with Crippen molar-refractivity contribution in [3.63, 3.8) is 0 Å². The number of aromatic hydroxyl groups is 1. The lowest BCUT2D eigenvalue weighted by atomic mass is 9.95. The number of likely N-dealkylation sites (tertiary alicyclic amines) is 1. The predicted molar refractivity (Wildman–Crippen MR) is 417 cm³/mol. The highest BCUT2D eigenvalue weighted by Gasteiger charge is 2.43. The number of phenolic OH excluding ortho intramolecular Hbond substituents is 1. The van der Waals surface area contributed by atoms with E-state index in [-0.39, 0.29) is 82.7 Å². The van der Waals surface area contributed by atoms with Gasteiger partial charge in [0.1, 0.15) is 90.3 Å². The third-order valence-electron chi connectivity index (χ3n) is 19.3. The van der Waals surface area contributed by atoms with Crippen LogP contribution >= 0.6 is 0 Å². The van der Waals surface area contributed by atoms with Gasteiger partial charge in [-0.15, -0.1) is 0 Å². The van der Waals surface area contributed by atoms with Crippen molar-refractivity contribution in [3.8, 4) is 5.75 Å². The summed E-state index contributed by atoms with van der Waals surface area (Å²) in [5, 5.41) is 82.7. The highest BCUT2D eigenvalue weighted by Crippen LogP contribution is 2.23. The van der Waals surface area contributed by atoms with Gasteiger partial charge in [0.25, 0.3) is 0 Å². The second-order valence-corrected chi connectivity index (χ2v) is 30.6. The lowest BCUT2D eigenvalue weighted by Gasteiger charge is -2.32. The fourth-order valence-corrected chi connectivity index (χ4v) is 12.3. The molecule has 0 radical (unpaired) electrons. The molecule has 2 rings (SSSR count). The van der Waals surface area contributed by atoms with Crippen LogP contribution in [0.3, 0.4) is 0 Å². The standard InChI is InChI=1S/C75H126N18O22/c1-13-42(12)61(92-63(102)46(26-27-54(79)97)82-70(109)57(38(4)5)88-68(107)51(35-94)80-55(98)34-78)73(112)90-59(40(8)9)72(111)85-49(32-43-22-24-44(96)25-23-43)65(104)83-47(20-15-17-29-77)74(113)93-30-18-21-53(93)69(108)89-58(39(6)7)71(110)86-50(33-56(99)100)66(105)84-48(31-37(2)3)64(103)87-52(36-95)67(106)81-45(19-14-16-28-76)62(101)91-60(41(10)11)75(114)115/h22-25,37-42,45-53,57-61,94-96H,13-21,26-36,76-78H2,1-12H3,(H2,79,97)(H,80,98)(H,81,106)(H,82,109)(H,83,104)(H,84,105)(H,85,111)(H,86,110)(H,87,103)(H,88,107)(H,89,108)(H,90,112)(H,91,101)(H,92,102)(H,99,100)(H,114,115)/t42-,45-,46-,47-,48-,49-,50-,51-,52-,53-,57-,58-,59-,60-,61-/m0/s1. The Morgan fingerprint density at radius 2 is 0.843 bits per heavy atom. The first kappa shape index (κ1) is 101. The molecule has 1 saturated heterocycles. The predicted octanol–water partition coefficient (Wildman–Crippen LogP) is -5.03. The number of aliphatic hydroxyl groups excluding tert-OH is 2. The minimum absolute atomic E-state index is 0.0128. The Kier molecular flexibility index (Phi) is 44.7. The first-order chi connectivity index (χ1) is 54.0. The van der Waals surface area contributed by atoms with Crippen LogP contribution in [0.4, 0.5) is 0 Å². The van der Waals surface area contributed by atoms with E-state index in [0.717, 1.165) is 0 Å². The van der Waals surface area contributed by atoms with Gasteiger partial charge in [0.2, 0.25) is 88.6 Å². The van der Waals surface area contributed by atoms with Gasteiger partial charge in [-0.1, -0.05) is 102 Å². The van der Waals surface area contributed by atoms with Gasteiger partial charge in [0, 0.05) is 19.4 Å². The maximum absolute atomic E-state index is 15.0. The third kappa shape index (κ3) is 34.4. The summed E-state index contributed by atoms with van der Waals surface area (Å²) in [4.78, 5) is 234. The van der Waals surface area contributed by atoms with Gasteiger partial charge in [0.05, 0.1) is 26.2 Å². The second-order valence-electron chi connectivity index (χ2n) is 30.6. The van der Waals surface area contributed by atoms with E-state index in [1.165, 1.54) is 43.0 Å². The molecule has 0 unspecified atom stereocenters. The number of rotatable bonds is 53. The maximum Gasteiger partial charge on any atom is 0.326 e. The van der Waals surface area contributed by atoms with Crippen LogP contribution in [-0.4, -0.2) is 255 Å². The van der Waals surface area contributed by atoms with Crippen molar-refractivity contribution in [1.29, 1.82) is 0 Å². The van der Waals surface area contributed by atoms with E-state index >= 15 is 4.79 Å². The Labute approximate surface area is 670 Å². The number of carboxylic acids is 2. The van der Waals surface area contributed by atoms with Crippen molar-refractivity contribution in [2.75, 3.05) is 39.4 Å². The zero-order valence-electron chi connectivity index (χ0n) is 67.9. The molecule has 1 aliphatic heterocycles. The Balaban J connectivity index is 2.53. The Hall–Kier alpha value is -10.2. The number of nitrogens with zero attached hydrogens (tertiary/aromatic N) is 1. The number of carboxylic acid groups (broad SMARTS) is 2. The summed E-state index contributed by atoms with van der Waals surface area (Å²) >= 11 is 0. The number of carbonyl (C=O) groups is 17. The number of carbonyl (C=O) groups excluding carboxylic acids is 15. The molecule has 26 N–H and O–H groups in total. The number of unbranched alkanes of at least 4 members (excludes halogenated alkanes) is 2. The molecule has 648 valence electrons. The Morgan fingerprint density at radius 3 is 1.32 bits per heavy atom. The van der Waals surface area contributed by atoms with Crippen molar-refractivity contribution in [2.24, 2.45) is 58.4 Å². The zero-order valence-corrected chi connectivity index (χ0v) is 67.9. The van der Waals surface area contributed by atoms with E-state index in [2.05, 4.69) is 69.1 Å². The SMILES string of the molecule is CC[C@H](C)[C@H](NC(=O)[C@H](CCC(N)=O)NC(=O)[C@@H](NC(=O)[C@H](CO)NC(=O)CN)C(C)C)C(=O)N[C@H](C(=O)N[C@@H](Cc1ccc(O)cc1)C(=O)N[C@@H](CCCCN)C(=O)N1CCC[C@H]1C(=O)N[C@H](C(=O)N[C@@H](CC(=O)O)C(=O)N[C@@H](CC(C)C)C(=O)N[C@@H](CO)C(=O)N[C@@H](CCCCN)C(=O)N[C@H](C(=O)O)C(C)C)C(C)C)C(C)C. The number of phenols is 1. The van der Waals surface area contributed by atoms with Crippen LogP contribution < -0.4 is 92.1 Å². The van der Waals surface area contributed by atoms with Gasteiger partial charge >= 0.3 is 11.9 Å². The van der Waals surface area contributed by atoms with Crippen LogP contribution in [0, 0.1) is 35.5 Å². The Bertz CT molecular complexity index is 3450. The summed E-state index contributed by atoms with van der Waals surface area (Å²) in [5.41, 5.74) is 22.7. The molecule has 15 atom stereocenters. The van der Waals surface area contributed by atoms with E-state index < -0.39 is 254 Å². The van der Waals surface area contributed by atoms with Gasteiger partial charge < -0.3 is 122 Å². The lowest BCUT2D eigenvalue weighted by Crippen LogP contribution is -2.62. The lowest BCUT2D eigenvalue weighted by molar-refractivity contribution is -0.144. The summed E-state index contributed by atoms with van der Waals surface area (Å²) in [6.45, 7) is 17.0. The van der Waals surface area contributed by atoms with Crippen LogP contribution in [0.25, 0.3) is 0 Å². The fraction of sp³-hybridized carbons (Fsp3) is 0.693. The number of nitrogens with one attached hydrogen (secondary N) is 13. The second kappa shape index (κ2) is 50.9. The molecule has 1 heterocycles. The Morgan fingerprint density at radius 1 is 0.452 bits per heavy atom. The van der Waals surface area contributed by atoms with Crippen molar-refractivity contribution in [1.82, 2.24) is 74.0 Å². The highest BCUT2D eigenvalue weighted by atomic mass is 16.4. The van der Waals surface area contributed by atoms with E-state index in [1.54, 1.807) is 69.2 Å². The summed E-state index contributed by atoms with van der Waals surface area (Å²) in [5.74, 6) is -21.0. The summed E-state index contributed by atoms with van der Waals surface area (Å²) in [6.07, 6.45) is -0.530. The smallest absolute Gasteiger partial charge is 0.326 e. The average Bonchev–Trinajstić information content (AvgIpc) is 1.74. The molecule has 40 nitrogen and oxygen atoms in total. The molecular formula is C75H126N18O22. The van der Waals surface area contributed by atoms with Crippen LogP contribution in [0.2, 0.25) is 0 Å². The van der Waals surface area contributed by atoms with Gasteiger partial charge in [-0.3, -0.25) is 76.7 Å². The highest BCUT2D eigenvalue weighted by molar-refractivity contribution is 6.01. The third-order valence-corrected chi connectivity index (χ3v) is 19.3. The van der Waals surface area contributed by atoms with Crippen molar-refractivity contribution < 1.29 is 107 Å². The van der Waals surface area contributed by atoms with E-state index in [9.17, 15) is 102 Å². The molecule has 0 aliphatic carbocycles. The number of hydrogen-bond acceptors (Lipinski definition) is 23. The molecule has 0 bridgehead atoms. The molecule has 0 aromatic heterocycles. The van der Waals surface area contributed by atoms with Crippen molar-refractivity contribution in [3.05, 3.63) is 29.8 Å². The minimum atomic E-state index is -1.92. The number of nitrogens with two attached hydrogens (primary N) is 4. The topological polar surface area (TPSA) is 655 Å². The van der Waals surface area contributed by atoms with Crippen molar-refractivity contribution >= 4 is 101 Å². The summed E-state index contributed by atoms with van der Waals surface area (Å²) < 4.78 is 0. The van der Waals surface area contributed by atoms with E-state index in [1.807, 2.05) is 0 Å². The average molecular weight is 1630 g/mol. The summed E-state index contributed by atoms with van der Waals surface area (Å²) in [7, 11) is 0. The number of amides is 15. The largest absolute Gasteiger partial charge is 0.508 e. The van der Waals surface area contributed by atoms with Crippen LogP contribution in [-0.2, 0) is 87.9 Å². The van der Waals surface area contributed by atoms with Crippen LogP contribution in [0.15, 0.2) is 24.3 Å². The zero-order chi connectivity index (χ0) is 87.3. The molecule has 40 heteroatoms. The number of aliphatic carboxylic acids is 2. The molecule has 115 heavy (non-hydrogen) atoms. The van der Waals surface area contributed by atoms with E-state index in [0.29, 0.717) is 24.8 Å². The molecule has 0 saturated carbocycles. The number of benzene rings is 1. The minimum Gasteiger partial charge on any atom is -0.508 e. The molecule has 1 aliphatic rings. The van der Waals surface area contributed by atoms with Gasteiger partial charge in [-0.2, -0.15) is 0 Å². The van der Waals surface area contributed by atoms with E-state index in [4.69, 9.17) is 22.9 Å².